The van der Waals surface area contributed by atoms with E-state index in [1.54, 1.807) is 0 Å². The summed E-state index contributed by atoms with van der Waals surface area (Å²) < 4.78 is 0. The van der Waals surface area contributed by atoms with Crippen molar-refractivity contribution in [3.05, 3.63) is 29.8 Å². The lowest BCUT2D eigenvalue weighted by atomic mass is 10.2. The molecule has 0 aliphatic carbocycles. The molecule has 1 aromatic carbocycles. The monoisotopic (exact) mass is 178 g/mol. The van der Waals surface area contributed by atoms with Crippen molar-refractivity contribution in [2.75, 3.05) is 6.61 Å². The van der Waals surface area contributed by atoms with Gasteiger partial charge >= 0.3 is 0 Å². The van der Waals surface area contributed by atoms with Crippen LogP contribution >= 0.6 is 12.6 Å². The summed E-state index contributed by atoms with van der Waals surface area (Å²) in [6.07, 6.45) is 0.525. The predicted octanol–water partition coefficient (Wildman–Crippen LogP) is 1.71. The Bertz CT molecular complexity index is 309. The van der Waals surface area contributed by atoms with Gasteiger partial charge in [-0.15, -0.1) is 12.6 Å². The van der Waals surface area contributed by atoms with Crippen molar-refractivity contribution in [3.8, 4) is 11.8 Å². The Kier molecular flexibility index (Phi) is 3.72. The molecule has 0 aromatic heterocycles. The Morgan fingerprint density at radius 3 is 2.92 bits per heavy atom. The molecule has 0 aliphatic rings. The summed E-state index contributed by atoms with van der Waals surface area (Å²) in [5.74, 6) is 5.77. The van der Waals surface area contributed by atoms with Crippen LogP contribution in [0.15, 0.2) is 29.2 Å². The lowest BCUT2D eigenvalue weighted by molar-refractivity contribution is 0.305. The summed E-state index contributed by atoms with van der Waals surface area (Å²) in [6.45, 7) is 0.119. The second-order valence-electron chi connectivity index (χ2n) is 2.33. The molecule has 1 aromatic rings. The minimum absolute atomic E-state index is 0.119. The van der Waals surface area contributed by atoms with Gasteiger partial charge in [0.15, 0.2) is 0 Å². The van der Waals surface area contributed by atoms with Crippen molar-refractivity contribution in [1.29, 1.82) is 0 Å². The summed E-state index contributed by atoms with van der Waals surface area (Å²) in [5, 5.41) is 8.48. The molecule has 0 radical (unpaired) electrons. The molecule has 0 saturated carbocycles. The number of rotatable bonds is 1. The third kappa shape index (κ3) is 3.00. The lowest BCUT2D eigenvalue weighted by Crippen LogP contribution is -1.77. The Hall–Kier alpha value is -0.910. The average molecular weight is 178 g/mol. The van der Waals surface area contributed by atoms with Gasteiger partial charge in [0.25, 0.3) is 0 Å². The molecular formula is C10H10OS. The zero-order valence-corrected chi connectivity index (χ0v) is 7.51. The molecule has 1 N–H and O–H groups in total. The minimum Gasteiger partial charge on any atom is -0.395 e. The van der Waals surface area contributed by atoms with Crippen LogP contribution in [0.4, 0.5) is 0 Å². The Morgan fingerprint density at radius 2 is 2.25 bits per heavy atom. The highest BCUT2D eigenvalue weighted by molar-refractivity contribution is 7.80. The average Bonchev–Trinajstić information content (AvgIpc) is 2.05. The van der Waals surface area contributed by atoms with Crippen LogP contribution < -0.4 is 0 Å². The van der Waals surface area contributed by atoms with E-state index in [0.29, 0.717) is 6.42 Å². The van der Waals surface area contributed by atoms with Crippen LogP contribution in [0, 0.1) is 11.8 Å². The fourth-order valence-electron chi connectivity index (χ4n) is 0.804. The highest BCUT2D eigenvalue weighted by Crippen LogP contribution is 2.07. The zero-order chi connectivity index (χ0) is 8.81. The van der Waals surface area contributed by atoms with Crippen LogP contribution in [-0.4, -0.2) is 11.7 Å². The number of aliphatic hydroxyl groups is 1. The van der Waals surface area contributed by atoms with Crippen molar-refractivity contribution in [1.82, 2.24) is 0 Å². The van der Waals surface area contributed by atoms with Crippen LogP contribution in [0.5, 0.6) is 0 Å². The quantitative estimate of drug-likeness (QED) is 0.495. The second kappa shape index (κ2) is 4.87. The smallest absolute Gasteiger partial charge is 0.0540 e. The largest absolute Gasteiger partial charge is 0.395 e. The van der Waals surface area contributed by atoms with E-state index in [0.717, 1.165) is 10.5 Å². The molecule has 1 nitrogen and oxygen atoms in total. The van der Waals surface area contributed by atoms with E-state index in [-0.39, 0.29) is 6.61 Å². The zero-order valence-electron chi connectivity index (χ0n) is 6.62. The maximum absolute atomic E-state index is 8.48. The van der Waals surface area contributed by atoms with Gasteiger partial charge in [0.1, 0.15) is 0 Å². The standard InChI is InChI=1S/C10H10OS/c11-7-2-1-4-9-5-3-6-10(12)8-9/h3,5-6,8,11-12H,2,7H2. The molecule has 62 valence electrons. The molecule has 0 heterocycles. The summed E-state index contributed by atoms with van der Waals surface area (Å²) in [5.41, 5.74) is 0.941. The van der Waals surface area contributed by atoms with E-state index < -0.39 is 0 Å². The van der Waals surface area contributed by atoms with Crippen molar-refractivity contribution in [2.24, 2.45) is 0 Å². The van der Waals surface area contributed by atoms with Crippen LogP contribution in [0.3, 0.4) is 0 Å². The summed E-state index contributed by atoms with van der Waals surface area (Å²) in [4.78, 5) is 0.908. The molecule has 0 unspecified atom stereocenters. The first-order valence-corrected chi connectivity index (χ1v) is 4.16. The molecule has 0 amide bonds. The molecule has 1 rings (SSSR count). The molecule has 0 fully saturated rings. The number of benzene rings is 1. The van der Waals surface area contributed by atoms with Crippen LogP contribution in [0.2, 0.25) is 0 Å². The van der Waals surface area contributed by atoms with Gasteiger partial charge < -0.3 is 5.11 Å². The first-order valence-electron chi connectivity index (χ1n) is 3.71. The summed E-state index contributed by atoms with van der Waals surface area (Å²) >= 11 is 4.18. The van der Waals surface area contributed by atoms with Gasteiger partial charge in [-0.3, -0.25) is 0 Å². The van der Waals surface area contributed by atoms with Crippen LogP contribution in [-0.2, 0) is 0 Å². The van der Waals surface area contributed by atoms with Gasteiger partial charge in [0.05, 0.1) is 6.61 Å². The number of hydrogen-bond acceptors (Lipinski definition) is 2. The normalized spacial score (nSPS) is 8.83. The fraction of sp³-hybridized carbons (Fsp3) is 0.200. The molecule has 2 heteroatoms. The summed E-state index contributed by atoms with van der Waals surface area (Å²) in [6, 6.07) is 7.63. The molecule has 0 aliphatic heterocycles. The number of aliphatic hydroxyl groups excluding tert-OH is 1. The van der Waals surface area contributed by atoms with Crippen molar-refractivity contribution in [3.63, 3.8) is 0 Å². The van der Waals surface area contributed by atoms with E-state index in [4.69, 9.17) is 5.11 Å². The predicted molar refractivity (Wildman–Crippen MR) is 52.3 cm³/mol. The van der Waals surface area contributed by atoms with Gasteiger partial charge in [0.2, 0.25) is 0 Å². The van der Waals surface area contributed by atoms with Gasteiger partial charge in [-0.1, -0.05) is 17.9 Å². The van der Waals surface area contributed by atoms with Crippen molar-refractivity contribution >= 4 is 12.6 Å². The van der Waals surface area contributed by atoms with Crippen molar-refractivity contribution < 1.29 is 5.11 Å². The van der Waals surface area contributed by atoms with E-state index >= 15 is 0 Å². The molecule has 0 atom stereocenters. The van der Waals surface area contributed by atoms with Crippen LogP contribution in [0.1, 0.15) is 12.0 Å². The molecule has 0 bridgehead atoms. The molecule has 12 heavy (non-hydrogen) atoms. The maximum atomic E-state index is 8.48. The second-order valence-corrected chi connectivity index (χ2v) is 2.84. The van der Waals surface area contributed by atoms with Gasteiger partial charge in [-0.25, -0.2) is 0 Å². The van der Waals surface area contributed by atoms with Gasteiger partial charge in [0, 0.05) is 16.9 Å². The maximum Gasteiger partial charge on any atom is 0.0540 e. The third-order valence-corrected chi connectivity index (χ3v) is 1.59. The topological polar surface area (TPSA) is 20.2 Å². The van der Waals surface area contributed by atoms with Gasteiger partial charge in [-0.2, -0.15) is 0 Å². The van der Waals surface area contributed by atoms with Gasteiger partial charge in [-0.05, 0) is 18.2 Å². The Balaban J connectivity index is 2.71. The first kappa shape index (κ1) is 9.18. The van der Waals surface area contributed by atoms with Crippen LogP contribution in [0.25, 0.3) is 0 Å². The third-order valence-electron chi connectivity index (χ3n) is 1.32. The number of thiol groups is 1. The van der Waals surface area contributed by atoms with E-state index in [1.165, 1.54) is 0 Å². The molecule has 0 spiro atoms. The summed E-state index contributed by atoms with van der Waals surface area (Å²) in [7, 11) is 0. The fourth-order valence-corrected chi connectivity index (χ4v) is 1.03. The highest BCUT2D eigenvalue weighted by atomic mass is 32.1. The SMILES string of the molecule is OCCC#Cc1cccc(S)c1. The Labute approximate surface area is 77.8 Å². The van der Waals surface area contributed by atoms with E-state index in [9.17, 15) is 0 Å². The Morgan fingerprint density at radius 1 is 1.42 bits per heavy atom. The first-order chi connectivity index (χ1) is 5.83. The van der Waals surface area contributed by atoms with E-state index in [1.807, 2.05) is 24.3 Å². The molecular weight excluding hydrogens is 168 g/mol. The lowest BCUT2D eigenvalue weighted by Gasteiger charge is -1.90. The van der Waals surface area contributed by atoms with E-state index in [2.05, 4.69) is 24.5 Å². The minimum atomic E-state index is 0.119. The van der Waals surface area contributed by atoms with Crippen molar-refractivity contribution in [2.45, 2.75) is 11.3 Å². The highest BCUT2D eigenvalue weighted by Gasteiger charge is 1.86. The molecule has 0 saturated heterocycles. The number of hydrogen-bond donors (Lipinski definition) is 2.